The number of nitro benzene ring substituents is 1. The van der Waals surface area contributed by atoms with E-state index in [1.807, 2.05) is 0 Å². The Labute approximate surface area is 141 Å². The van der Waals surface area contributed by atoms with Crippen LogP contribution in [0.15, 0.2) is 51.8 Å². The van der Waals surface area contributed by atoms with Crippen molar-refractivity contribution in [2.24, 2.45) is 5.14 Å². The summed E-state index contributed by atoms with van der Waals surface area (Å²) in [6, 6.07) is 10.4. The maximum atomic E-state index is 11.4. The standard InChI is InChI=1S/C14H14BrN3O4S/c1-9(10-3-2-4-12(7-10)23(16,21)22)17-13-6-5-11(15)8-14(13)18(19)20/h2-9,17H,1H3,(H2,16,21,22). The molecule has 3 N–H and O–H groups in total. The molecule has 23 heavy (non-hydrogen) atoms. The fourth-order valence-corrected chi connectivity index (χ4v) is 2.97. The minimum Gasteiger partial charge on any atom is -0.373 e. The van der Waals surface area contributed by atoms with Crippen LogP contribution in [0.5, 0.6) is 0 Å². The van der Waals surface area contributed by atoms with Crippen molar-refractivity contribution < 1.29 is 13.3 Å². The Kier molecular flexibility index (Phi) is 5.03. The van der Waals surface area contributed by atoms with Crippen molar-refractivity contribution in [1.29, 1.82) is 0 Å². The summed E-state index contributed by atoms with van der Waals surface area (Å²) < 4.78 is 23.4. The molecule has 0 aromatic heterocycles. The van der Waals surface area contributed by atoms with Crippen LogP contribution in [0.4, 0.5) is 11.4 Å². The third-order valence-electron chi connectivity index (χ3n) is 3.22. The molecule has 0 saturated carbocycles. The number of halogens is 1. The first-order valence-corrected chi connectivity index (χ1v) is 8.85. The molecular formula is C14H14BrN3O4S. The molecule has 9 heteroatoms. The third kappa shape index (κ3) is 4.27. The normalized spacial score (nSPS) is 12.7. The molecule has 0 saturated heterocycles. The van der Waals surface area contributed by atoms with E-state index in [4.69, 9.17) is 5.14 Å². The van der Waals surface area contributed by atoms with Gasteiger partial charge in [-0.2, -0.15) is 0 Å². The molecule has 0 spiro atoms. The Balaban J connectivity index is 2.33. The molecule has 122 valence electrons. The van der Waals surface area contributed by atoms with Crippen LogP contribution < -0.4 is 10.5 Å². The van der Waals surface area contributed by atoms with Crippen LogP contribution in [0.1, 0.15) is 18.5 Å². The molecule has 0 bridgehead atoms. The van der Waals surface area contributed by atoms with Crippen LogP contribution in [-0.2, 0) is 10.0 Å². The minimum absolute atomic E-state index is 0.00560. The van der Waals surface area contributed by atoms with E-state index in [0.717, 1.165) is 0 Å². The molecule has 2 rings (SSSR count). The van der Waals surface area contributed by atoms with Crippen molar-refractivity contribution in [2.75, 3.05) is 5.32 Å². The second-order valence-corrected chi connectivity index (χ2v) is 7.38. The van der Waals surface area contributed by atoms with Gasteiger partial charge in [-0.25, -0.2) is 13.6 Å². The lowest BCUT2D eigenvalue weighted by atomic mass is 10.1. The number of sulfonamides is 1. The van der Waals surface area contributed by atoms with E-state index in [1.165, 1.54) is 18.2 Å². The van der Waals surface area contributed by atoms with E-state index in [1.54, 1.807) is 31.2 Å². The van der Waals surface area contributed by atoms with Crippen molar-refractivity contribution in [3.8, 4) is 0 Å². The predicted octanol–water partition coefficient (Wildman–Crippen LogP) is 3.18. The lowest BCUT2D eigenvalue weighted by Crippen LogP contribution is -2.14. The summed E-state index contributed by atoms with van der Waals surface area (Å²) in [6.45, 7) is 1.77. The smallest absolute Gasteiger partial charge is 0.293 e. The lowest BCUT2D eigenvalue weighted by Gasteiger charge is -2.16. The summed E-state index contributed by atoms with van der Waals surface area (Å²) in [4.78, 5) is 10.6. The number of benzene rings is 2. The molecule has 1 atom stereocenters. The number of nitrogens with one attached hydrogen (secondary N) is 1. The van der Waals surface area contributed by atoms with Gasteiger partial charge in [-0.05, 0) is 36.8 Å². The van der Waals surface area contributed by atoms with E-state index in [9.17, 15) is 18.5 Å². The van der Waals surface area contributed by atoms with Gasteiger partial charge in [-0.15, -0.1) is 0 Å². The topological polar surface area (TPSA) is 115 Å². The molecule has 0 amide bonds. The van der Waals surface area contributed by atoms with Gasteiger partial charge in [-0.3, -0.25) is 10.1 Å². The Hall–Kier alpha value is -1.97. The van der Waals surface area contributed by atoms with Crippen LogP contribution in [0.25, 0.3) is 0 Å². The van der Waals surface area contributed by atoms with E-state index in [-0.39, 0.29) is 16.6 Å². The molecule has 2 aromatic rings. The zero-order valence-electron chi connectivity index (χ0n) is 12.1. The van der Waals surface area contributed by atoms with E-state index >= 15 is 0 Å². The van der Waals surface area contributed by atoms with E-state index in [2.05, 4.69) is 21.2 Å². The molecular weight excluding hydrogens is 386 g/mol. The molecule has 0 aliphatic rings. The highest BCUT2D eigenvalue weighted by Crippen LogP contribution is 2.31. The second kappa shape index (κ2) is 6.65. The Morgan fingerprint density at radius 2 is 1.96 bits per heavy atom. The van der Waals surface area contributed by atoms with Crippen molar-refractivity contribution in [2.45, 2.75) is 17.9 Å². The van der Waals surface area contributed by atoms with Gasteiger partial charge in [-0.1, -0.05) is 28.1 Å². The van der Waals surface area contributed by atoms with Crippen LogP contribution in [-0.4, -0.2) is 13.3 Å². The summed E-state index contributed by atoms with van der Waals surface area (Å²) in [5.74, 6) is 0. The van der Waals surface area contributed by atoms with E-state index in [0.29, 0.717) is 15.7 Å². The van der Waals surface area contributed by atoms with Gasteiger partial charge in [0.15, 0.2) is 0 Å². The number of nitrogens with two attached hydrogens (primary N) is 1. The van der Waals surface area contributed by atoms with Crippen molar-refractivity contribution in [3.05, 3.63) is 62.6 Å². The average molecular weight is 400 g/mol. The quantitative estimate of drug-likeness (QED) is 0.591. The summed E-state index contributed by atoms with van der Waals surface area (Å²) >= 11 is 3.19. The first-order chi connectivity index (χ1) is 10.7. The Bertz CT molecular complexity index is 855. The van der Waals surface area contributed by atoms with Gasteiger partial charge in [0.25, 0.3) is 5.69 Å². The van der Waals surface area contributed by atoms with Gasteiger partial charge < -0.3 is 5.32 Å². The summed E-state index contributed by atoms with van der Waals surface area (Å²) in [7, 11) is -3.80. The largest absolute Gasteiger partial charge is 0.373 e. The molecule has 0 aliphatic heterocycles. The molecule has 1 unspecified atom stereocenters. The number of anilines is 1. The Morgan fingerprint density at radius 3 is 2.57 bits per heavy atom. The third-order valence-corrected chi connectivity index (χ3v) is 4.62. The highest BCUT2D eigenvalue weighted by atomic mass is 79.9. The first kappa shape index (κ1) is 17.4. The van der Waals surface area contributed by atoms with Crippen LogP contribution in [0.2, 0.25) is 0 Å². The fraction of sp³-hybridized carbons (Fsp3) is 0.143. The number of hydrogen-bond acceptors (Lipinski definition) is 5. The predicted molar refractivity (Wildman–Crippen MR) is 90.6 cm³/mol. The second-order valence-electron chi connectivity index (χ2n) is 4.90. The molecule has 7 nitrogen and oxygen atoms in total. The molecule has 2 aromatic carbocycles. The molecule has 0 aliphatic carbocycles. The van der Waals surface area contributed by atoms with Crippen LogP contribution >= 0.6 is 15.9 Å². The van der Waals surface area contributed by atoms with Crippen molar-refractivity contribution >= 4 is 37.3 Å². The molecule has 0 heterocycles. The zero-order chi connectivity index (χ0) is 17.2. The van der Waals surface area contributed by atoms with Gasteiger partial charge in [0.05, 0.1) is 9.82 Å². The maximum absolute atomic E-state index is 11.4. The van der Waals surface area contributed by atoms with E-state index < -0.39 is 14.9 Å². The zero-order valence-corrected chi connectivity index (χ0v) is 14.5. The summed E-state index contributed by atoms with van der Waals surface area (Å²) in [5, 5.41) is 19.3. The number of primary sulfonamides is 1. The average Bonchev–Trinajstić information content (AvgIpc) is 2.48. The Morgan fingerprint density at radius 1 is 1.26 bits per heavy atom. The molecule has 0 fully saturated rings. The highest BCUT2D eigenvalue weighted by Gasteiger charge is 2.17. The number of nitro groups is 1. The summed E-state index contributed by atoms with van der Waals surface area (Å²) in [5.41, 5.74) is 0.911. The lowest BCUT2D eigenvalue weighted by molar-refractivity contribution is -0.384. The highest BCUT2D eigenvalue weighted by molar-refractivity contribution is 9.10. The van der Waals surface area contributed by atoms with Gasteiger partial charge in [0.2, 0.25) is 10.0 Å². The van der Waals surface area contributed by atoms with Crippen molar-refractivity contribution in [1.82, 2.24) is 0 Å². The monoisotopic (exact) mass is 399 g/mol. The SMILES string of the molecule is CC(Nc1ccc(Br)cc1[N+](=O)[O-])c1cccc(S(N)(=O)=O)c1. The minimum atomic E-state index is -3.80. The number of rotatable bonds is 5. The van der Waals surface area contributed by atoms with Gasteiger partial charge in [0.1, 0.15) is 5.69 Å². The molecule has 0 radical (unpaired) electrons. The first-order valence-electron chi connectivity index (χ1n) is 6.51. The van der Waals surface area contributed by atoms with Crippen LogP contribution in [0, 0.1) is 10.1 Å². The fourth-order valence-electron chi connectivity index (χ4n) is 2.06. The van der Waals surface area contributed by atoms with Crippen molar-refractivity contribution in [3.63, 3.8) is 0 Å². The summed E-state index contributed by atoms with van der Waals surface area (Å²) in [6.07, 6.45) is 0. The van der Waals surface area contributed by atoms with Gasteiger partial charge >= 0.3 is 0 Å². The van der Waals surface area contributed by atoms with Crippen LogP contribution in [0.3, 0.4) is 0 Å². The maximum Gasteiger partial charge on any atom is 0.293 e. The number of hydrogen-bond donors (Lipinski definition) is 2. The number of nitrogens with zero attached hydrogens (tertiary/aromatic N) is 1. The van der Waals surface area contributed by atoms with Gasteiger partial charge in [0, 0.05) is 16.6 Å².